The number of carbonyl (C=O) groups excluding carboxylic acids is 2. The van der Waals surface area contributed by atoms with Crippen LogP contribution in [0.25, 0.3) is 11.0 Å². The van der Waals surface area contributed by atoms with Crippen LogP contribution in [-0.4, -0.2) is 28.3 Å². The molecule has 0 aliphatic rings. The fourth-order valence-corrected chi connectivity index (χ4v) is 3.72. The van der Waals surface area contributed by atoms with E-state index in [9.17, 15) is 34.6 Å². The summed E-state index contributed by atoms with van der Waals surface area (Å²) >= 11 is 0. The van der Waals surface area contributed by atoms with Crippen molar-refractivity contribution in [1.82, 2.24) is 5.32 Å². The maximum absolute atomic E-state index is 12.6. The minimum Gasteiger partial charge on any atom is -0.423 e. The van der Waals surface area contributed by atoms with Gasteiger partial charge in [-0.15, -0.1) is 0 Å². The summed E-state index contributed by atoms with van der Waals surface area (Å²) in [5.41, 5.74) is -1.88. The number of rotatable bonds is 8. The van der Waals surface area contributed by atoms with Crippen LogP contribution < -0.4 is 15.7 Å². The molecule has 12 nitrogen and oxygen atoms in total. The number of fused-ring (bicyclic) bond motifs is 1. The van der Waals surface area contributed by atoms with Gasteiger partial charge in [0, 0.05) is 30.1 Å². The molecular weight excluding hydrogens is 498 g/mol. The summed E-state index contributed by atoms with van der Waals surface area (Å²) < 4.78 is 10.4. The molecule has 0 aliphatic carbocycles. The van der Waals surface area contributed by atoms with E-state index in [4.69, 9.17) is 9.15 Å². The molecule has 0 atom stereocenters. The number of hydrogen-bond acceptors (Lipinski definition) is 9. The molecule has 4 aromatic rings. The Kier molecular flexibility index (Phi) is 7.24. The Hall–Kier alpha value is -5.39. The fraction of sp³-hybridized carbons (Fsp3) is 0.115. The highest BCUT2D eigenvalue weighted by Crippen LogP contribution is 2.30. The molecule has 1 heterocycles. The molecule has 1 N–H and O–H groups in total. The third kappa shape index (κ3) is 5.54. The number of hydrogen-bond donors (Lipinski definition) is 1. The van der Waals surface area contributed by atoms with E-state index in [-0.39, 0.29) is 22.5 Å². The van der Waals surface area contributed by atoms with Crippen LogP contribution in [0.4, 0.5) is 11.4 Å². The topological polar surface area (TPSA) is 172 Å². The predicted molar refractivity (Wildman–Crippen MR) is 134 cm³/mol. The van der Waals surface area contributed by atoms with Gasteiger partial charge in [0.2, 0.25) is 0 Å². The molecule has 3 aromatic carbocycles. The minimum absolute atomic E-state index is 0.0157. The van der Waals surface area contributed by atoms with Crippen LogP contribution in [0.15, 0.2) is 75.9 Å². The number of ether oxygens (including phenoxy) is 1. The number of amides is 1. The van der Waals surface area contributed by atoms with Crippen LogP contribution in [0.5, 0.6) is 5.75 Å². The Bertz CT molecular complexity index is 1610. The lowest BCUT2D eigenvalue weighted by molar-refractivity contribution is -0.395. The van der Waals surface area contributed by atoms with Gasteiger partial charge in [-0.1, -0.05) is 30.3 Å². The molecule has 0 unspecified atom stereocenters. The predicted octanol–water partition coefficient (Wildman–Crippen LogP) is 4.11. The Labute approximate surface area is 213 Å². The molecule has 192 valence electrons. The smallest absolute Gasteiger partial charge is 0.349 e. The third-order valence-corrected chi connectivity index (χ3v) is 5.69. The van der Waals surface area contributed by atoms with E-state index in [1.165, 1.54) is 31.2 Å². The van der Waals surface area contributed by atoms with E-state index in [0.29, 0.717) is 18.4 Å². The van der Waals surface area contributed by atoms with E-state index in [1.54, 1.807) is 0 Å². The fourth-order valence-electron chi connectivity index (χ4n) is 3.72. The lowest BCUT2D eigenvalue weighted by atomic mass is 10.1. The number of nitro benzene ring substituents is 2. The molecule has 0 bridgehead atoms. The van der Waals surface area contributed by atoms with Crippen molar-refractivity contribution in [2.45, 2.75) is 13.3 Å². The van der Waals surface area contributed by atoms with E-state index in [0.717, 1.165) is 17.7 Å². The van der Waals surface area contributed by atoms with Crippen molar-refractivity contribution < 1.29 is 28.6 Å². The molecule has 0 aliphatic heterocycles. The second-order valence-electron chi connectivity index (χ2n) is 8.18. The number of esters is 1. The highest BCUT2D eigenvalue weighted by molar-refractivity contribution is 5.97. The molecule has 0 radical (unpaired) electrons. The average molecular weight is 517 g/mol. The zero-order valence-electron chi connectivity index (χ0n) is 19.8. The summed E-state index contributed by atoms with van der Waals surface area (Å²) in [6.45, 7) is 1.51. The van der Waals surface area contributed by atoms with E-state index in [2.05, 4.69) is 5.32 Å². The van der Waals surface area contributed by atoms with Gasteiger partial charge >= 0.3 is 11.6 Å². The van der Waals surface area contributed by atoms with Crippen molar-refractivity contribution in [2.75, 3.05) is 6.54 Å². The molecule has 1 aromatic heterocycles. The summed E-state index contributed by atoms with van der Waals surface area (Å²) in [6.07, 6.45) is 0.577. The minimum atomic E-state index is -1.09. The van der Waals surface area contributed by atoms with Gasteiger partial charge in [-0.25, -0.2) is 9.59 Å². The zero-order valence-corrected chi connectivity index (χ0v) is 19.8. The van der Waals surface area contributed by atoms with Gasteiger partial charge in [-0.05, 0) is 37.1 Å². The lowest BCUT2D eigenvalue weighted by Crippen LogP contribution is -2.29. The van der Waals surface area contributed by atoms with Gasteiger partial charge < -0.3 is 14.5 Å². The molecule has 0 spiro atoms. The van der Waals surface area contributed by atoms with Gasteiger partial charge in [0.25, 0.3) is 17.3 Å². The van der Waals surface area contributed by atoms with Crippen LogP contribution in [0.2, 0.25) is 0 Å². The SMILES string of the molecule is Cc1c([N+](=O)[O-])cc(C(=O)Oc2ccc3cc(C(=O)NCCc4ccccc4)c(=O)oc3c2)cc1[N+](=O)[O-]. The molecular formula is C26H19N3O9. The Morgan fingerprint density at radius 2 is 1.61 bits per heavy atom. The van der Waals surface area contributed by atoms with Crippen molar-refractivity contribution in [2.24, 2.45) is 0 Å². The van der Waals surface area contributed by atoms with Crippen molar-refractivity contribution in [3.63, 3.8) is 0 Å². The second kappa shape index (κ2) is 10.7. The number of nitrogens with zero attached hydrogens (tertiary/aromatic N) is 2. The highest BCUT2D eigenvalue weighted by Gasteiger charge is 2.26. The number of benzene rings is 3. The molecule has 38 heavy (non-hydrogen) atoms. The van der Waals surface area contributed by atoms with Crippen molar-refractivity contribution in [1.29, 1.82) is 0 Å². The Morgan fingerprint density at radius 3 is 2.24 bits per heavy atom. The first-order valence-corrected chi connectivity index (χ1v) is 11.2. The van der Waals surface area contributed by atoms with E-state index in [1.807, 2.05) is 30.3 Å². The largest absolute Gasteiger partial charge is 0.423 e. The first-order chi connectivity index (χ1) is 18.1. The Morgan fingerprint density at radius 1 is 0.947 bits per heavy atom. The van der Waals surface area contributed by atoms with Gasteiger partial charge in [-0.3, -0.25) is 25.0 Å². The van der Waals surface area contributed by atoms with Crippen LogP contribution in [0, 0.1) is 27.2 Å². The number of carbonyl (C=O) groups is 2. The summed E-state index contributed by atoms with van der Waals surface area (Å²) in [5.74, 6) is -1.78. The number of nitrogens with one attached hydrogen (secondary N) is 1. The van der Waals surface area contributed by atoms with Gasteiger partial charge in [0.15, 0.2) is 0 Å². The van der Waals surface area contributed by atoms with Crippen molar-refractivity contribution in [3.8, 4) is 5.75 Å². The zero-order chi connectivity index (χ0) is 27.4. The van der Waals surface area contributed by atoms with Gasteiger partial charge in [-0.2, -0.15) is 0 Å². The molecule has 0 saturated heterocycles. The lowest BCUT2D eigenvalue weighted by Gasteiger charge is -2.08. The van der Waals surface area contributed by atoms with Crippen LogP contribution >= 0.6 is 0 Å². The Balaban J connectivity index is 1.52. The first kappa shape index (κ1) is 25.7. The van der Waals surface area contributed by atoms with Crippen LogP contribution in [0.3, 0.4) is 0 Å². The van der Waals surface area contributed by atoms with E-state index < -0.39 is 44.3 Å². The normalized spacial score (nSPS) is 10.7. The van der Waals surface area contributed by atoms with Crippen molar-refractivity contribution in [3.05, 3.63) is 120 Å². The maximum atomic E-state index is 12.6. The summed E-state index contributed by atoms with van der Waals surface area (Å²) in [7, 11) is 0. The van der Waals surface area contributed by atoms with E-state index >= 15 is 0 Å². The quantitative estimate of drug-likeness (QED) is 0.119. The molecule has 1 amide bonds. The molecule has 4 rings (SSSR count). The summed E-state index contributed by atoms with van der Waals surface area (Å²) in [6, 6.07) is 16.6. The van der Waals surface area contributed by atoms with Crippen LogP contribution in [0.1, 0.15) is 31.8 Å². The molecule has 12 heteroatoms. The number of nitro groups is 2. The van der Waals surface area contributed by atoms with Crippen LogP contribution in [-0.2, 0) is 6.42 Å². The molecule has 0 fully saturated rings. The van der Waals surface area contributed by atoms with Gasteiger partial charge in [0.1, 0.15) is 22.5 Å². The second-order valence-corrected chi connectivity index (χ2v) is 8.18. The van der Waals surface area contributed by atoms with Crippen molar-refractivity contribution >= 4 is 34.2 Å². The first-order valence-electron chi connectivity index (χ1n) is 11.2. The summed E-state index contributed by atoms with van der Waals surface area (Å²) in [5, 5.41) is 25.6. The summed E-state index contributed by atoms with van der Waals surface area (Å²) in [4.78, 5) is 58.4. The third-order valence-electron chi connectivity index (χ3n) is 5.69. The van der Waals surface area contributed by atoms with Gasteiger partial charge in [0.05, 0.1) is 15.4 Å². The highest BCUT2D eigenvalue weighted by atomic mass is 16.6. The average Bonchev–Trinajstić information content (AvgIpc) is 2.88. The molecule has 0 saturated carbocycles. The maximum Gasteiger partial charge on any atom is 0.349 e. The monoisotopic (exact) mass is 517 g/mol. The standard InChI is InChI=1S/C26H19N3O9/c1-15-21(28(33)34)12-18(13-22(15)29(35)36)25(31)37-19-8-7-17-11-20(26(32)38-23(17)14-19)24(30)27-10-9-16-5-3-2-4-6-16/h2-8,11-14H,9-10H2,1H3,(H,27,30).